The third-order valence-corrected chi connectivity index (χ3v) is 4.27. The van der Waals surface area contributed by atoms with E-state index < -0.39 is 0 Å². The zero-order chi connectivity index (χ0) is 13.0. The molecule has 1 aromatic carbocycles. The second-order valence-corrected chi connectivity index (χ2v) is 6.40. The fraction of sp³-hybridized carbons (Fsp3) is 0.500. The van der Waals surface area contributed by atoms with Crippen molar-refractivity contribution in [2.24, 2.45) is 10.9 Å². The predicted octanol–water partition coefficient (Wildman–Crippen LogP) is 3.95. The Labute approximate surface area is 118 Å². The Bertz CT molecular complexity index is 432. The number of rotatable bonds is 3. The lowest BCUT2D eigenvalue weighted by atomic mass is 10.0. The van der Waals surface area contributed by atoms with Crippen molar-refractivity contribution in [3.63, 3.8) is 0 Å². The van der Waals surface area contributed by atoms with Crippen LogP contribution < -0.4 is 5.32 Å². The van der Waals surface area contributed by atoms with Gasteiger partial charge in [0, 0.05) is 16.8 Å². The van der Waals surface area contributed by atoms with E-state index in [0.29, 0.717) is 18.5 Å². The Balaban J connectivity index is 1.96. The molecular weight excluding hydrogens is 264 g/mol. The predicted molar refractivity (Wildman–Crippen MR) is 81.4 cm³/mol. The molecule has 0 spiro atoms. The minimum Gasteiger partial charge on any atom is -0.362 e. The second-order valence-electron chi connectivity index (χ2n) is 4.88. The zero-order valence-corrected chi connectivity index (χ0v) is 12.4. The summed E-state index contributed by atoms with van der Waals surface area (Å²) in [5.74, 6) is 1.81. The highest BCUT2D eigenvalue weighted by Crippen LogP contribution is 2.19. The van der Waals surface area contributed by atoms with Crippen LogP contribution >= 0.6 is 23.4 Å². The molecule has 1 aliphatic heterocycles. The molecular formula is C14H19ClN2S. The van der Waals surface area contributed by atoms with Gasteiger partial charge in [0.25, 0.3) is 0 Å². The number of aliphatic imine (C=N–C) groups is 1. The molecule has 18 heavy (non-hydrogen) atoms. The van der Waals surface area contributed by atoms with Crippen LogP contribution in [-0.2, 0) is 6.54 Å². The summed E-state index contributed by atoms with van der Waals surface area (Å²) in [7, 11) is 0. The largest absolute Gasteiger partial charge is 0.362 e. The van der Waals surface area contributed by atoms with E-state index in [0.717, 1.165) is 21.5 Å². The summed E-state index contributed by atoms with van der Waals surface area (Å²) in [6.07, 6.45) is 1.22. The average Bonchev–Trinajstić information content (AvgIpc) is 2.37. The van der Waals surface area contributed by atoms with Gasteiger partial charge in [0.2, 0.25) is 0 Å². The summed E-state index contributed by atoms with van der Waals surface area (Å²) in [6, 6.07) is 8.45. The number of thioether (sulfide) groups is 1. The van der Waals surface area contributed by atoms with Crippen molar-refractivity contribution >= 4 is 28.5 Å². The first-order valence-corrected chi connectivity index (χ1v) is 7.70. The smallest absolute Gasteiger partial charge is 0.157 e. The molecule has 1 atom stereocenters. The van der Waals surface area contributed by atoms with Gasteiger partial charge in [-0.05, 0) is 30.0 Å². The third kappa shape index (κ3) is 3.92. The molecule has 1 unspecified atom stereocenters. The Morgan fingerprint density at radius 2 is 2.33 bits per heavy atom. The Morgan fingerprint density at radius 3 is 3.06 bits per heavy atom. The van der Waals surface area contributed by atoms with E-state index in [2.05, 4.69) is 30.2 Å². The number of benzene rings is 1. The number of hydrogen-bond acceptors (Lipinski definition) is 2. The fourth-order valence-corrected chi connectivity index (χ4v) is 3.11. The molecule has 1 fully saturated rings. The van der Waals surface area contributed by atoms with Crippen molar-refractivity contribution in [1.29, 1.82) is 0 Å². The molecule has 0 amide bonds. The summed E-state index contributed by atoms with van der Waals surface area (Å²) in [5, 5.41) is 5.36. The highest BCUT2D eigenvalue weighted by molar-refractivity contribution is 8.13. The molecule has 1 aromatic rings. The first-order valence-electron chi connectivity index (χ1n) is 6.33. The van der Waals surface area contributed by atoms with Crippen LogP contribution in [0.5, 0.6) is 0 Å². The van der Waals surface area contributed by atoms with Crippen molar-refractivity contribution < 1.29 is 0 Å². The van der Waals surface area contributed by atoms with Gasteiger partial charge in [0.1, 0.15) is 0 Å². The molecule has 0 aliphatic carbocycles. The van der Waals surface area contributed by atoms with Crippen molar-refractivity contribution in [2.75, 3.05) is 5.75 Å². The van der Waals surface area contributed by atoms with Crippen LogP contribution in [0, 0.1) is 5.92 Å². The van der Waals surface area contributed by atoms with Crippen LogP contribution in [-0.4, -0.2) is 17.0 Å². The van der Waals surface area contributed by atoms with Gasteiger partial charge in [-0.1, -0.05) is 49.3 Å². The molecule has 0 bridgehead atoms. The SMILES string of the molecule is CC(C)C1CCSC(=NCc2cccc(Cl)c2)N1. The van der Waals surface area contributed by atoms with Crippen molar-refractivity contribution in [1.82, 2.24) is 5.32 Å². The molecule has 2 rings (SSSR count). The van der Waals surface area contributed by atoms with Crippen LogP contribution in [0.15, 0.2) is 29.3 Å². The lowest BCUT2D eigenvalue weighted by molar-refractivity contribution is 0.442. The van der Waals surface area contributed by atoms with Gasteiger partial charge in [0.05, 0.1) is 6.54 Å². The van der Waals surface area contributed by atoms with Gasteiger partial charge >= 0.3 is 0 Å². The number of nitrogens with zero attached hydrogens (tertiary/aromatic N) is 1. The van der Waals surface area contributed by atoms with Gasteiger partial charge in [-0.3, -0.25) is 4.99 Å². The monoisotopic (exact) mass is 282 g/mol. The van der Waals surface area contributed by atoms with Crippen molar-refractivity contribution in [3.8, 4) is 0 Å². The molecule has 1 heterocycles. The summed E-state index contributed by atoms with van der Waals surface area (Å²) in [5.41, 5.74) is 1.16. The van der Waals surface area contributed by atoms with E-state index in [-0.39, 0.29) is 0 Å². The van der Waals surface area contributed by atoms with E-state index >= 15 is 0 Å². The molecule has 2 nitrogen and oxygen atoms in total. The normalized spacial score (nSPS) is 22.2. The summed E-state index contributed by atoms with van der Waals surface area (Å²) in [4.78, 5) is 4.64. The third-order valence-electron chi connectivity index (χ3n) is 3.08. The maximum atomic E-state index is 5.96. The highest BCUT2D eigenvalue weighted by atomic mass is 35.5. The van der Waals surface area contributed by atoms with Crippen LogP contribution in [0.3, 0.4) is 0 Å². The standard InChI is InChI=1S/C14H19ClN2S/c1-10(2)13-6-7-18-14(17-13)16-9-11-4-3-5-12(15)8-11/h3-5,8,10,13H,6-7,9H2,1-2H3,(H,16,17). The fourth-order valence-electron chi connectivity index (χ4n) is 1.94. The minimum atomic E-state index is 0.560. The van der Waals surface area contributed by atoms with Crippen LogP contribution in [0.2, 0.25) is 5.02 Å². The molecule has 0 radical (unpaired) electrons. The van der Waals surface area contributed by atoms with Gasteiger partial charge in [-0.25, -0.2) is 0 Å². The topological polar surface area (TPSA) is 24.4 Å². The molecule has 1 aliphatic rings. The Morgan fingerprint density at radius 1 is 1.50 bits per heavy atom. The first kappa shape index (κ1) is 13.8. The van der Waals surface area contributed by atoms with Crippen molar-refractivity contribution in [3.05, 3.63) is 34.9 Å². The summed E-state index contributed by atoms with van der Waals surface area (Å²) < 4.78 is 0. The van der Waals surface area contributed by atoms with Crippen LogP contribution in [0.4, 0.5) is 0 Å². The average molecular weight is 283 g/mol. The zero-order valence-electron chi connectivity index (χ0n) is 10.8. The molecule has 1 saturated heterocycles. The molecule has 4 heteroatoms. The van der Waals surface area contributed by atoms with Gasteiger partial charge < -0.3 is 5.32 Å². The number of hydrogen-bond donors (Lipinski definition) is 1. The summed E-state index contributed by atoms with van der Waals surface area (Å²) >= 11 is 7.78. The minimum absolute atomic E-state index is 0.560. The van der Waals surface area contributed by atoms with E-state index in [9.17, 15) is 0 Å². The van der Waals surface area contributed by atoms with Crippen molar-refractivity contribution in [2.45, 2.75) is 32.9 Å². The maximum Gasteiger partial charge on any atom is 0.157 e. The van der Waals surface area contributed by atoms with E-state index in [1.165, 1.54) is 6.42 Å². The molecule has 0 saturated carbocycles. The van der Waals surface area contributed by atoms with E-state index in [1.807, 2.05) is 30.0 Å². The lowest BCUT2D eigenvalue weighted by Crippen LogP contribution is -2.41. The molecule has 1 N–H and O–H groups in total. The Hall–Kier alpha value is -0.670. The Kier molecular flexibility index (Phi) is 4.95. The number of nitrogens with one attached hydrogen (secondary N) is 1. The summed E-state index contributed by atoms with van der Waals surface area (Å²) in [6.45, 7) is 5.20. The first-order chi connectivity index (χ1) is 8.65. The van der Waals surface area contributed by atoms with Gasteiger partial charge in [-0.15, -0.1) is 0 Å². The number of amidine groups is 1. The van der Waals surface area contributed by atoms with Crippen LogP contribution in [0.1, 0.15) is 25.8 Å². The maximum absolute atomic E-state index is 5.96. The van der Waals surface area contributed by atoms with Gasteiger partial charge in [-0.2, -0.15) is 0 Å². The molecule has 98 valence electrons. The quantitative estimate of drug-likeness (QED) is 0.908. The highest BCUT2D eigenvalue weighted by Gasteiger charge is 2.19. The van der Waals surface area contributed by atoms with Gasteiger partial charge in [0.15, 0.2) is 5.17 Å². The lowest BCUT2D eigenvalue weighted by Gasteiger charge is -2.28. The van der Waals surface area contributed by atoms with Crippen LogP contribution in [0.25, 0.3) is 0 Å². The second kappa shape index (κ2) is 6.48. The van der Waals surface area contributed by atoms with E-state index in [1.54, 1.807) is 0 Å². The van der Waals surface area contributed by atoms with E-state index in [4.69, 9.17) is 11.6 Å². The number of halogens is 1. The molecule has 0 aromatic heterocycles.